The Balaban J connectivity index is 2.18. The quantitative estimate of drug-likeness (QED) is 0.428. The molecule has 1 N–H and O–H groups in total. The lowest BCUT2D eigenvalue weighted by Crippen LogP contribution is -2.26. The first-order chi connectivity index (χ1) is 9.99. The minimum absolute atomic E-state index is 0.0849. The highest BCUT2D eigenvalue weighted by Gasteiger charge is 2.18. The number of rotatable bonds is 9. The fourth-order valence-electron chi connectivity index (χ4n) is 1.67. The summed E-state index contributed by atoms with van der Waals surface area (Å²) in [5.74, 6) is -0.0443. The molecule has 0 bridgehead atoms. The zero-order valence-corrected chi connectivity index (χ0v) is 12.5. The van der Waals surface area contributed by atoms with Crippen molar-refractivity contribution in [2.45, 2.75) is 39.4 Å². The van der Waals surface area contributed by atoms with Crippen LogP contribution in [0.25, 0.3) is 0 Å². The van der Waals surface area contributed by atoms with Crippen molar-refractivity contribution in [2.75, 3.05) is 6.61 Å². The molecule has 1 rings (SSSR count). The number of hydrogen-bond donors (Lipinski definition) is 1. The summed E-state index contributed by atoms with van der Waals surface area (Å²) >= 11 is 0. The van der Waals surface area contributed by atoms with Crippen molar-refractivity contribution in [3.8, 4) is 5.75 Å². The van der Waals surface area contributed by atoms with Gasteiger partial charge in [-0.05, 0) is 43.4 Å². The van der Waals surface area contributed by atoms with Crippen molar-refractivity contribution in [1.29, 1.82) is 0 Å². The van der Waals surface area contributed by atoms with E-state index < -0.39 is 18.2 Å². The molecule has 6 heteroatoms. The second-order valence-corrected chi connectivity index (χ2v) is 5.02. The van der Waals surface area contributed by atoms with Gasteiger partial charge in [-0.15, -0.1) is 0 Å². The molecule has 0 aliphatic carbocycles. The molecule has 0 spiro atoms. The number of carbonyl (C=O) groups excluding carboxylic acids is 1. The third-order valence-electron chi connectivity index (χ3n) is 2.65. The molecule has 3 unspecified atom stereocenters. The van der Waals surface area contributed by atoms with Crippen molar-refractivity contribution >= 4 is 5.97 Å². The molecule has 21 heavy (non-hydrogen) atoms. The van der Waals surface area contributed by atoms with Crippen molar-refractivity contribution in [1.82, 2.24) is 0 Å². The van der Waals surface area contributed by atoms with E-state index in [0.717, 1.165) is 0 Å². The zero-order valence-electron chi connectivity index (χ0n) is 12.5. The van der Waals surface area contributed by atoms with Gasteiger partial charge in [0.05, 0.1) is 12.7 Å². The van der Waals surface area contributed by atoms with Crippen LogP contribution in [0.3, 0.4) is 0 Å². The second kappa shape index (κ2) is 9.33. The highest BCUT2D eigenvalue weighted by atomic mass is 17.5. The van der Waals surface area contributed by atoms with Gasteiger partial charge in [0.25, 0.3) is 0 Å². The van der Waals surface area contributed by atoms with Crippen LogP contribution >= 0.6 is 0 Å². The van der Waals surface area contributed by atoms with Crippen LogP contribution in [-0.4, -0.2) is 29.9 Å². The summed E-state index contributed by atoms with van der Waals surface area (Å²) in [7, 11) is 0. The van der Waals surface area contributed by atoms with E-state index in [1.807, 2.05) is 13.0 Å². The molecule has 1 aromatic carbocycles. The number of hydrogen-bond acceptors (Lipinski definition) is 6. The van der Waals surface area contributed by atoms with Crippen molar-refractivity contribution < 1.29 is 29.5 Å². The first-order valence-electron chi connectivity index (χ1n) is 6.88. The minimum Gasteiger partial charge on any atom is -0.479 e. The van der Waals surface area contributed by atoms with E-state index in [2.05, 4.69) is 9.93 Å². The Kier molecular flexibility index (Phi) is 7.74. The Morgan fingerprint density at radius 3 is 2.48 bits per heavy atom. The van der Waals surface area contributed by atoms with Crippen LogP contribution in [0.1, 0.15) is 27.2 Å². The van der Waals surface area contributed by atoms with Crippen molar-refractivity contribution in [2.24, 2.45) is 5.92 Å². The Hall–Kier alpha value is -1.63. The Morgan fingerprint density at radius 1 is 1.19 bits per heavy atom. The van der Waals surface area contributed by atoms with Crippen LogP contribution in [0.15, 0.2) is 30.3 Å². The van der Waals surface area contributed by atoms with Crippen LogP contribution in [0, 0.1) is 5.92 Å². The van der Waals surface area contributed by atoms with Gasteiger partial charge in [-0.3, -0.25) is 4.89 Å². The lowest BCUT2D eigenvalue weighted by atomic mass is 10.1. The Bertz CT molecular complexity index is 406. The van der Waals surface area contributed by atoms with E-state index in [9.17, 15) is 9.90 Å². The van der Waals surface area contributed by atoms with Crippen molar-refractivity contribution in [3.63, 3.8) is 0 Å². The van der Waals surface area contributed by atoms with Gasteiger partial charge < -0.3 is 9.84 Å². The first-order valence-corrected chi connectivity index (χ1v) is 6.88. The van der Waals surface area contributed by atoms with E-state index in [0.29, 0.717) is 12.2 Å². The van der Waals surface area contributed by atoms with E-state index >= 15 is 0 Å². The smallest absolute Gasteiger partial charge is 0.385 e. The molecule has 0 heterocycles. The fourth-order valence-corrected chi connectivity index (χ4v) is 1.67. The summed E-state index contributed by atoms with van der Waals surface area (Å²) in [6, 6.07) is 8.92. The van der Waals surface area contributed by atoms with Gasteiger partial charge in [0, 0.05) is 0 Å². The molecular weight excluding hydrogens is 276 g/mol. The van der Waals surface area contributed by atoms with Gasteiger partial charge in [0.2, 0.25) is 0 Å². The van der Waals surface area contributed by atoms with Gasteiger partial charge >= 0.3 is 5.97 Å². The molecule has 0 saturated carbocycles. The third-order valence-corrected chi connectivity index (χ3v) is 2.65. The maximum absolute atomic E-state index is 11.6. The largest absolute Gasteiger partial charge is 0.479 e. The predicted octanol–water partition coefficient (Wildman–Crippen LogP) is 2.27. The van der Waals surface area contributed by atoms with Crippen LogP contribution in [0.5, 0.6) is 5.75 Å². The lowest BCUT2D eigenvalue weighted by Gasteiger charge is -2.14. The second-order valence-electron chi connectivity index (χ2n) is 5.02. The highest BCUT2D eigenvalue weighted by Crippen LogP contribution is 2.11. The lowest BCUT2D eigenvalue weighted by molar-refractivity contribution is -0.490. The number of benzene rings is 1. The maximum Gasteiger partial charge on any atom is 0.385 e. The molecule has 0 aliphatic rings. The van der Waals surface area contributed by atoms with Gasteiger partial charge in [-0.25, -0.2) is 4.79 Å². The SMILES string of the molecule is CC(O)CC(C)COOOC(=O)C(C)Oc1ccccc1. The average molecular weight is 298 g/mol. The normalized spacial score (nSPS) is 15.0. The molecule has 0 aromatic heterocycles. The van der Waals surface area contributed by atoms with E-state index in [1.54, 1.807) is 38.1 Å². The molecular formula is C15H22O6. The van der Waals surface area contributed by atoms with Crippen LogP contribution < -0.4 is 4.74 Å². The maximum atomic E-state index is 11.6. The molecule has 0 fully saturated rings. The number of aliphatic hydroxyl groups excluding tert-OH is 1. The molecule has 0 amide bonds. The van der Waals surface area contributed by atoms with Gasteiger partial charge in [-0.1, -0.05) is 25.1 Å². The highest BCUT2D eigenvalue weighted by molar-refractivity contribution is 5.73. The van der Waals surface area contributed by atoms with E-state index in [4.69, 9.17) is 9.62 Å². The van der Waals surface area contributed by atoms with Crippen LogP contribution in [-0.2, 0) is 19.6 Å². The zero-order chi connectivity index (χ0) is 15.7. The molecule has 118 valence electrons. The van der Waals surface area contributed by atoms with E-state index in [1.165, 1.54) is 0 Å². The Labute approximate surface area is 124 Å². The fraction of sp³-hybridized carbons (Fsp3) is 0.533. The first kappa shape index (κ1) is 17.4. The summed E-state index contributed by atoms with van der Waals surface area (Å²) < 4.78 is 5.36. The van der Waals surface area contributed by atoms with Gasteiger partial charge in [-0.2, -0.15) is 4.89 Å². The molecule has 0 radical (unpaired) electrons. The predicted molar refractivity (Wildman–Crippen MR) is 75.1 cm³/mol. The molecule has 6 nitrogen and oxygen atoms in total. The summed E-state index contributed by atoms with van der Waals surface area (Å²) in [5, 5.41) is 13.6. The van der Waals surface area contributed by atoms with E-state index in [-0.39, 0.29) is 12.5 Å². The number of aliphatic hydroxyl groups is 1. The monoisotopic (exact) mass is 298 g/mol. The molecule has 1 aromatic rings. The average Bonchev–Trinajstić information content (AvgIpc) is 2.43. The summed E-state index contributed by atoms with van der Waals surface area (Å²) in [5.41, 5.74) is 0. The topological polar surface area (TPSA) is 74.2 Å². The molecule has 3 atom stereocenters. The molecule has 0 saturated heterocycles. The van der Waals surface area contributed by atoms with Crippen LogP contribution in [0.2, 0.25) is 0 Å². The third kappa shape index (κ3) is 7.65. The summed E-state index contributed by atoms with van der Waals surface area (Å²) in [6.45, 7) is 5.35. The standard InChI is InChI=1S/C15H22O6/c1-11(9-12(2)16)10-18-21-20-15(17)13(3)19-14-7-5-4-6-8-14/h4-8,11-13,16H,9-10H2,1-3H3. The molecule has 0 aliphatic heterocycles. The van der Waals surface area contributed by atoms with Gasteiger partial charge in [0.1, 0.15) is 5.75 Å². The summed E-state index contributed by atoms with van der Waals surface area (Å²) in [6.07, 6.45) is -0.651. The number of carbonyl (C=O) groups is 1. The summed E-state index contributed by atoms with van der Waals surface area (Å²) in [4.78, 5) is 20.8. The minimum atomic E-state index is -0.814. The number of para-hydroxylation sites is 1. The van der Waals surface area contributed by atoms with Gasteiger partial charge in [0.15, 0.2) is 6.10 Å². The van der Waals surface area contributed by atoms with Crippen molar-refractivity contribution in [3.05, 3.63) is 30.3 Å². The number of ether oxygens (including phenoxy) is 1. The van der Waals surface area contributed by atoms with Crippen LogP contribution in [0.4, 0.5) is 0 Å². The Morgan fingerprint density at radius 2 is 1.86 bits per heavy atom.